The molecule has 1 fully saturated rings. The van der Waals surface area contributed by atoms with Gasteiger partial charge in [-0.25, -0.2) is 0 Å². The average molecular weight is 297 g/mol. The Labute approximate surface area is 129 Å². The van der Waals surface area contributed by atoms with E-state index in [4.69, 9.17) is 4.74 Å². The number of carbonyl (C=O) groups is 1. The molecule has 1 aliphatic heterocycles. The van der Waals surface area contributed by atoms with E-state index in [1.165, 1.54) is 0 Å². The van der Waals surface area contributed by atoms with Gasteiger partial charge in [0.05, 0.1) is 18.7 Å². The van der Waals surface area contributed by atoms with E-state index in [0.717, 1.165) is 18.7 Å². The third kappa shape index (κ3) is 2.80. The molecule has 0 spiro atoms. The Kier molecular flexibility index (Phi) is 4.34. The Balaban J connectivity index is 1.92. The predicted molar refractivity (Wildman–Crippen MR) is 83.9 cm³/mol. The van der Waals surface area contributed by atoms with Gasteiger partial charge >= 0.3 is 0 Å². The summed E-state index contributed by atoms with van der Waals surface area (Å²) < 4.78 is 5.33. The van der Waals surface area contributed by atoms with Crippen molar-refractivity contribution >= 4 is 5.91 Å². The molecule has 2 heterocycles. The smallest absolute Gasteiger partial charge is 0.258 e. The zero-order valence-corrected chi connectivity index (χ0v) is 12.5. The first-order chi connectivity index (χ1) is 10.8. The summed E-state index contributed by atoms with van der Waals surface area (Å²) >= 11 is 0. The summed E-state index contributed by atoms with van der Waals surface area (Å²) in [5.74, 6) is 0.611. The summed E-state index contributed by atoms with van der Waals surface area (Å²) in [6, 6.07) is 11.3. The molecule has 1 aliphatic rings. The van der Waals surface area contributed by atoms with Crippen molar-refractivity contribution in [1.29, 1.82) is 0 Å². The third-order valence-electron chi connectivity index (χ3n) is 3.93. The first kappa shape index (κ1) is 14.5. The fraction of sp³-hybridized carbons (Fsp3) is 0.294. The number of carbonyl (C=O) groups excluding carboxylic acids is 1. The maximum Gasteiger partial charge on any atom is 0.258 e. The number of hydrogen-bond acceptors (Lipinski definition) is 4. The number of amides is 1. The van der Waals surface area contributed by atoms with Crippen molar-refractivity contribution in [3.8, 4) is 5.75 Å². The molecule has 2 aromatic rings. The van der Waals surface area contributed by atoms with Gasteiger partial charge in [0.25, 0.3) is 5.91 Å². The molecule has 1 N–H and O–H groups in total. The zero-order valence-electron chi connectivity index (χ0n) is 12.5. The van der Waals surface area contributed by atoms with Crippen LogP contribution in [0.5, 0.6) is 5.75 Å². The van der Waals surface area contributed by atoms with Crippen molar-refractivity contribution in [2.75, 3.05) is 26.7 Å². The highest BCUT2D eigenvalue weighted by Crippen LogP contribution is 2.27. The first-order valence-electron chi connectivity index (χ1n) is 7.36. The SMILES string of the molecule is COc1ccccc1C(=O)N1CCNCC1c1ccncc1. The minimum absolute atomic E-state index is 0.000706. The number of aromatic nitrogens is 1. The zero-order chi connectivity index (χ0) is 15.4. The summed E-state index contributed by atoms with van der Waals surface area (Å²) in [5.41, 5.74) is 1.69. The highest BCUT2D eigenvalue weighted by Gasteiger charge is 2.29. The third-order valence-corrected chi connectivity index (χ3v) is 3.93. The number of piperazine rings is 1. The molecule has 3 rings (SSSR count). The van der Waals surface area contributed by atoms with Crippen LogP contribution in [0.4, 0.5) is 0 Å². The van der Waals surface area contributed by atoms with Crippen LogP contribution in [0.1, 0.15) is 22.0 Å². The van der Waals surface area contributed by atoms with Crippen LogP contribution in [-0.4, -0.2) is 42.5 Å². The number of hydrogen-bond donors (Lipinski definition) is 1. The monoisotopic (exact) mass is 297 g/mol. The van der Waals surface area contributed by atoms with Gasteiger partial charge in [0.2, 0.25) is 0 Å². The standard InChI is InChI=1S/C17H19N3O2/c1-22-16-5-3-2-4-14(16)17(21)20-11-10-19-12-15(20)13-6-8-18-9-7-13/h2-9,15,19H,10-12H2,1H3. The second kappa shape index (κ2) is 6.58. The molecule has 0 bridgehead atoms. The normalized spacial score (nSPS) is 18.0. The average Bonchev–Trinajstić information content (AvgIpc) is 2.62. The number of ether oxygens (including phenoxy) is 1. The lowest BCUT2D eigenvalue weighted by Gasteiger charge is -2.36. The van der Waals surface area contributed by atoms with Crippen molar-refractivity contribution in [2.24, 2.45) is 0 Å². The summed E-state index contributed by atoms with van der Waals surface area (Å²) in [6.07, 6.45) is 3.52. The Bertz CT molecular complexity index is 645. The van der Waals surface area contributed by atoms with Crippen LogP contribution in [0.15, 0.2) is 48.8 Å². The van der Waals surface area contributed by atoms with Gasteiger partial charge < -0.3 is 15.0 Å². The van der Waals surface area contributed by atoms with Gasteiger partial charge in [-0.2, -0.15) is 0 Å². The summed E-state index contributed by atoms with van der Waals surface area (Å²) in [7, 11) is 1.59. The molecular weight excluding hydrogens is 278 g/mol. The van der Waals surface area contributed by atoms with Crippen molar-refractivity contribution in [2.45, 2.75) is 6.04 Å². The Morgan fingerprint density at radius 3 is 2.82 bits per heavy atom. The van der Waals surface area contributed by atoms with Gasteiger partial charge in [-0.15, -0.1) is 0 Å². The van der Waals surface area contributed by atoms with Crippen molar-refractivity contribution in [3.63, 3.8) is 0 Å². The van der Waals surface area contributed by atoms with Gasteiger partial charge in [0.1, 0.15) is 5.75 Å². The molecule has 1 unspecified atom stereocenters. The summed E-state index contributed by atoms with van der Waals surface area (Å²) in [5, 5.41) is 3.35. The van der Waals surface area contributed by atoms with Crippen LogP contribution < -0.4 is 10.1 Å². The molecule has 5 nitrogen and oxygen atoms in total. The molecule has 114 valence electrons. The van der Waals surface area contributed by atoms with Gasteiger partial charge in [0, 0.05) is 32.0 Å². The van der Waals surface area contributed by atoms with Crippen LogP contribution in [0.3, 0.4) is 0 Å². The summed E-state index contributed by atoms with van der Waals surface area (Å²) in [4.78, 5) is 18.9. The van der Waals surface area contributed by atoms with Crippen LogP contribution in [-0.2, 0) is 0 Å². The van der Waals surface area contributed by atoms with Crippen molar-refractivity contribution < 1.29 is 9.53 Å². The minimum atomic E-state index is 0.000706. The number of methoxy groups -OCH3 is 1. The van der Waals surface area contributed by atoms with Gasteiger partial charge in [-0.05, 0) is 29.8 Å². The van der Waals surface area contributed by atoms with Crippen molar-refractivity contribution in [1.82, 2.24) is 15.2 Å². The molecule has 22 heavy (non-hydrogen) atoms. The van der Waals surface area contributed by atoms with Crippen LogP contribution >= 0.6 is 0 Å². The van der Waals surface area contributed by atoms with Crippen LogP contribution in [0.25, 0.3) is 0 Å². The van der Waals surface area contributed by atoms with E-state index >= 15 is 0 Å². The van der Waals surface area contributed by atoms with E-state index in [0.29, 0.717) is 17.9 Å². The van der Waals surface area contributed by atoms with Gasteiger partial charge in [0.15, 0.2) is 0 Å². The highest BCUT2D eigenvalue weighted by atomic mass is 16.5. The second-order valence-corrected chi connectivity index (χ2v) is 5.20. The summed E-state index contributed by atoms with van der Waals surface area (Å²) in [6.45, 7) is 2.21. The van der Waals surface area contributed by atoms with E-state index in [1.54, 1.807) is 19.5 Å². The van der Waals surface area contributed by atoms with Gasteiger partial charge in [-0.3, -0.25) is 9.78 Å². The molecule has 0 radical (unpaired) electrons. The molecule has 0 aliphatic carbocycles. The van der Waals surface area contributed by atoms with Crippen molar-refractivity contribution in [3.05, 3.63) is 59.9 Å². The Hall–Kier alpha value is -2.40. The van der Waals surface area contributed by atoms with E-state index in [2.05, 4.69) is 10.3 Å². The number of benzene rings is 1. The molecule has 1 aromatic carbocycles. The minimum Gasteiger partial charge on any atom is -0.496 e. The fourth-order valence-corrected chi connectivity index (χ4v) is 2.81. The lowest BCUT2D eigenvalue weighted by Crippen LogP contribution is -2.48. The Morgan fingerprint density at radius 2 is 2.05 bits per heavy atom. The molecular formula is C17H19N3O2. The molecule has 1 atom stereocenters. The topological polar surface area (TPSA) is 54.5 Å². The molecule has 1 aromatic heterocycles. The van der Waals surface area contributed by atoms with E-state index in [9.17, 15) is 4.79 Å². The fourth-order valence-electron chi connectivity index (χ4n) is 2.81. The lowest BCUT2D eigenvalue weighted by atomic mass is 10.0. The molecule has 5 heteroatoms. The number of nitrogens with zero attached hydrogens (tertiary/aromatic N) is 2. The number of pyridine rings is 1. The predicted octanol–water partition coefficient (Wildman–Crippen LogP) is 1.88. The van der Waals surface area contributed by atoms with Crippen LogP contribution in [0, 0.1) is 0 Å². The van der Waals surface area contributed by atoms with E-state index in [-0.39, 0.29) is 11.9 Å². The van der Waals surface area contributed by atoms with Gasteiger partial charge in [-0.1, -0.05) is 12.1 Å². The molecule has 1 saturated heterocycles. The van der Waals surface area contributed by atoms with E-state index in [1.807, 2.05) is 41.3 Å². The quantitative estimate of drug-likeness (QED) is 0.940. The first-order valence-corrected chi connectivity index (χ1v) is 7.36. The number of para-hydroxylation sites is 1. The maximum absolute atomic E-state index is 13.0. The second-order valence-electron chi connectivity index (χ2n) is 5.20. The van der Waals surface area contributed by atoms with Crippen LogP contribution in [0.2, 0.25) is 0 Å². The highest BCUT2D eigenvalue weighted by molar-refractivity contribution is 5.97. The largest absolute Gasteiger partial charge is 0.496 e. The molecule has 1 amide bonds. The molecule has 0 saturated carbocycles. The maximum atomic E-state index is 13.0. The van der Waals surface area contributed by atoms with E-state index < -0.39 is 0 Å². The lowest BCUT2D eigenvalue weighted by molar-refractivity contribution is 0.0631. The number of rotatable bonds is 3. The number of nitrogens with one attached hydrogen (secondary N) is 1. The Morgan fingerprint density at radius 1 is 1.27 bits per heavy atom.